The van der Waals surface area contributed by atoms with E-state index in [1.54, 1.807) is 0 Å². The average Bonchev–Trinajstić information content (AvgIpc) is 3.22. The Bertz CT molecular complexity index is 916. The van der Waals surface area contributed by atoms with Gasteiger partial charge in [0, 0.05) is 19.3 Å². The summed E-state index contributed by atoms with van der Waals surface area (Å²) in [7, 11) is 0. The second-order valence-corrected chi connectivity index (χ2v) is 19.5. The highest BCUT2D eigenvalue weighted by Crippen LogP contribution is 2.17. The van der Waals surface area contributed by atoms with Crippen LogP contribution in [-0.2, 0) is 28.6 Å². The highest BCUT2D eigenvalue weighted by molar-refractivity contribution is 5.71. The van der Waals surface area contributed by atoms with Crippen LogP contribution in [0.5, 0.6) is 0 Å². The number of unbranched alkanes of at least 4 members (excludes halogenated alkanes) is 33. The Morgan fingerprint density at radius 1 is 0.317 bits per heavy atom. The van der Waals surface area contributed by atoms with E-state index in [4.69, 9.17) is 14.2 Å². The van der Waals surface area contributed by atoms with Crippen molar-refractivity contribution in [2.75, 3.05) is 13.2 Å². The molecule has 0 aromatic rings. The maximum atomic E-state index is 12.8. The largest absolute Gasteiger partial charge is 0.462 e. The first-order chi connectivity index (χ1) is 29.2. The van der Waals surface area contributed by atoms with Gasteiger partial charge >= 0.3 is 17.9 Å². The molecule has 0 saturated heterocycles. The minimum Gasteiger partial charge on any atom is -0.462 e. The van der Waals surface area contributed by atoms with Crippen LogP contribution in [0.1, 0.15) is 298 Å². The monoisotopic (exact) mass is 849 g/mol. The van der Waals surface area contributed by atoms with Crippen LogP contribution in [0.25, 0.3) is 0 Å². The molecule has 0 unspecified atom stereocenters. The quantitative estimate of drug-likeness (QED) is 0.0345. The molecule has 0 N–H and O–H groups in total. The number of ether oxygens (including phenoxy) is 3. The van der Waals surface area contributed by atoms with Crippen LogP contribution in [0, 0.1) is 11.8 Å². The van der Waals surface area contributed by atoms with Crippen molar-refractivity contribution >= 4 is 17.9 Å². The Morgan fingerprint density at radius 2 is 0.550 bits per heavy atom. The number of carbonyl (C=O) groups excluding carboxylic acids is 3. The standard InChI is InChI=1S/C54H104O6/c1-6-7-8-9-10-11-12-13-14-15-16-17-18-19-20-23-29-34-39-44-52(55)58-47-51(60-54(57)46-41-36-31-26-25-28-33-38-43-50(4)5)48-59-53(56)45-40-35-30-24-21-22-27-32-37-42-49(2)3/h49-51H,6-48H2,1-5H3/t51-/m1/s1. The lowest BCUT2D eigenvalue weighted by molar-refractivity contribution is -0.167. The van der Waals surface area contributed by atoms with Crippen molar-refractivity contribution in [3.63, 3.8) is 0 Å². The van der Waals surface area contributed by atoms with Crippen LogP contribution in [0.2, 0.25) is 0 Å². The van der Waals surface area contributed by atoms with Crippen molar-refractivity contribution in [3.8, 4) is 0 Å². The van der Waals surface area contributed by atoms with Gasteiger partial charge in [-0.25, -0.2) is 0 Å². The van der Waals surface area contributed by atoms with Crippen LogP contribution in [-0.4, -0.2) is 37.2 Å². The molecule has 6 nitrogen and oxygen atoms in total. The van der Waals surface area contributed by atoms with Gasteiger partial charge in [-0.1, -0.05) is 259 Å². The fourth-order valence-electron chi connectivity index (χ4n) is 8.17. The van der Waals surface area contributed by atoms with Gasteiger partial charge in [-0.15, -0.1) is 0 Å². The molecule has 0 aromatic carbocycles. The highest BCUT2D eigenvalue weighted by atomic mass is 16.6. The average molecular weight is 849 g/mol. The van der Waals surface area contributed by atoms with E-state index in [2.05, 4.69) is 34.6 Å². The molecular weight excluding hydrogens is 745 g/mol. The highest BCUT2D eigenvalue weighted by Gasteiger charge is 2.19. The maximum absolute atomic E-state index is 12.8. The lowest BCUT2D eigenvalue weighted by atomic mass is 10.0. The zero-order chi connectivity index (χ0) is 44.0. The molecule has 0 bridgehead atoms. The Kier molecular flexibility index (Phi) is 45.7. The van der Waals surface area contributed by atoms with E-state index >= 15 is 0 Å². The van der Waals surface area contributed by atoms with Gasteiger partial charge in [0.2, 0.25) is 0 Å². The lowest BCUT2D eigenvalue weighted by Gasteiger charge is -2.18. The van der Waals surface area contributed by atoms with Crippen LogP contribution >= 0.6 is 0 Å². The summed E-state index contributed by atoms with van der Waals surface area (Å²) in [5.74, 6) is 0.751. The van der Waals surface area contributed by atoms with Crippen molar-refractivity contribution in [2.24, 2.45) is 11.8 Å². The zero-order valence-corrected chi connectivity index (χ0v) is 41.1. The predicted molar refractivity (Wildman–Crippen MR) is 256 cm³/mol. The number of esters is 3. The summed E-state index contributed by atoms with van der Waals surface area (Å²) in [5.41, 5.74) is 0. The smallest absolute Gasteiger partial charge is 0.306 e. The van der Waals surface area contributed by atoms with Gasteiger partial charge in [-0.05, 0) is 31.1 Å². The molecule has 1 atom stereocenters. The Hall–Kier alpha value is -1.59. The van der Waals surface area contributed by atoms with Gasteiger partial charge < -0.3 is 14.2 Å². The molecule has 6 heteroatoms. The molecule has 0 rings (SSSR count). The molecule has 0 fully saturated rings. The minimum atomic E-state index is -0.762. The zero-order valence-electron chi connectivity index (χ0n) is 41.1. The predicted octanol–water partition coefficient (Wildman–Crippen LogP) is 17.3. The molecule has 0 spiro atoms. The molecule has 60 heavy (non-hydrogen) atoms. The molecule has 0 radical (unpaired) electrons. The van der Waals surface area contributed by atoms with E-state index in [9.17, 15) is 14.4 Å². The number of hydrogen-bond donors (Lipinski definition) is 0. The molecule has 356 valence electrons. The Labute approximate surface area is 374 Å². The molecule has 0 aromatic heterocycles. The van der Waals surface area contributed by atoms with E-state index < -0.39 is 6.10 Å². The number of hydrogen-bond acceptors (Lipinski definition) is 6. The summed E-state index contributed by atoms with van der Waals surface area (Å²) in [4.78, 5) is 37.9. The summed E-state index contributed by atoms with van der Waals surface area (Å²) >= 11 is 0. The van der Waals surface area contributed by atoms with Crippen molar-refractivity contribution in [1.29, 1.82) is 0 Å². The van der Waals surface area contributed by atoms with E-state index in [1.807, 2.05) is 0 Å². The van der Waals surface area contributed by atoms with E-state index in [0.717, 1.165) is 69.6 Å². The molecule has 0 amide bonds. The number of carbonyl (C=O) groups is 3. The van der Waals surface area contributed by atoms with Crippen molar-refractivity contribution in [1.82, 2.24) is 0 Å². The third-order valence-corrected chi connectivity index (χ3v) is 12.2. The van der Waals surface area contributed by atoms with Crippen molar-refractivity contribution in [3.05, 3.63) is 0 Å². The fraction of sp³-hybridized carbons (Fsp3) is 0.944. The minimum absolute atomic E-state index is 0.0642. The first-order valence-electron chi connectivity index (χ1n) is 26.7. The third-order valence-electron chi connectivity index (χ3n) is 12.2. The van der Waals surface area contributed by atoms with Gasteiger partial charge in [0.05, 0.1) is 0 Å². The molecule has 0 aliphatic rings. The molecule has 0 aliphatic heterocycles. The second kappa shape index (κ2) is 46.9. The summed E-state index contributed by atoms with van der Waals surface area (Å²) in [6, 6.07) is 0. The van der Waals surface area contributed by atoms with Crippen molar-refractivity contribution < 1.29 is 28.6 Å². The summed E-state index contributed by atoms with van der Waals surface area (Å²) in [6.45, 7) is 11.3. The van der Waals surface area contributed by atoms with E-state index in [0.29, 0.717) is 19.3 Å². The van der Waals surface area contributed by atoms with Gasteiger partial charge in [-0.2, -0.15) is 0 Å². The normalized spacial score (nSPS) is 12.1. The van der Waals surface area contributed by atoms with E-state index in [1.165, 1.54) is 186 Å². The Balaban J connectivity index is 4.24. The number of rotatable bonds is 48. The van der Waals surface area contributed by atoms with Crippen LogP contribution < -0.4 is 0 Å². The first kappa shape index (κ1) is 58.4. The third kappa shape index (κ3) is 47.5. The molecule has 0 heterocycles. The SMILES string of the molecule is CCCCCCCCCCCCCCCCCCCCCC(=O)OC[C@H](COC(=O)CCCCCCCCCCCC(C)C)OC(=O)CCCCCCCCCCC(C)C. The second-order valence-electron chi connectivity index (χ2n) is 19.5. The summed E-state index contributed by atoms with van der Waals surface area (Å²) in [6.07, 6.45) is 48.2. The molecular formula is C54H104O6. The molecule has 0 saturated carbocycles. The van der Waals surface area contributed by atoms with Gasteiger partial charge in [-0.3, -0.25) is 14.4 Å². The van der Waals surface area contributed by atoms with Crippen LogP contribution in [0.15, 0.2) is 0 Å². The van der Waals surface area contributed by atoms with Gasteiger partial charge in [0.15, 0.2) is 6.10 Å². The van der Waals surface area contributed by atoms with Gasteiger partial charge in [0.25, 0.3) is 0 Å². The van der Waals surface area contributed by atoms with Gasteiger partial charge in [0.1, 0.15) is 13.2 Å². The summed E-state index contributed by atoms with van der Waals surface area (Å²) < 4.78 is 16.8. The van der Waals surface area contributed by atoms with E-state index in [-0.39, 0.29) is 31.1 Å². The lowest BCUT2D eigenvalue weighted by Crippen LogP contribution is -2.30. The maximum Gasteiger partial charge on any atom is 0.306 e. The van der Waals surface area contributed by atoms with Crippen LogP contribution in [0.3, 0.4) is 0 Å². The van der Waals surface area contributed by atoms with Crippen LogP contribution in [0.4, 0.5) is 0 Å². The molecule has 0 aliphatic carbocycles. The summed E-state index contributed by atoms with van der Waals surface area (Å²) in [5, 5.41) is 0. The fourth-order valence-corrected chi connectivity index (χ4v) is 8.17. The first-order valence-corrected chi connectivity index (χ1v) is 26.7. The van der Waals surface area contributed by atoms with Crippen molar-refractivity contribution in [2.45, 2.75) is 304 Å². The topological polar surface area (TPSA) is 78.9 Å². The Morgan fingerprint density at radius 3 is 0.817 bits per heavy atom.